The fourth-order valence-corrected chi connectivity index (χ4v) is 2.12. The van der Waals surface area contributed by atoms with Crippen molar-refractivity contribution in [3.63, 3.8) is 0 Å². The Balaban J connectivity index is 1.82. The standard InChI is InChI=1S/C17H15N3O/c1-19-13-14(12-18-19)7-8-17(21)15-5-4-6-16(11-15)20-9-2-3-10-20/h2-13H,1H3/b8-7+. The normalized spacial score (nSPS) is 11.1. The van der Waals surface area contributed by atoms with Crippen LogP contribution in [0.5, 0.6) is 0 Å². The van der Waals surface area contributed by atoms with E-state index < -0.39 is 0 Å². The Morgan fingerprint density at radius 1 is 1.19 bits per heavy atom. The van der Waals surface area contributed by atoms with Crippen molar-refractivity contribution in [2.24, 2.45) is 7.05 Å². The highest BCUT2D eigenvalue weighted by atomic mass is 16.1. The Labute approximate surface area is 123 Å². The van der Waals surface area contributed by atoms with Gasteiger partial charge in [-0.25, -0.2) is 0 Å². The number of hydrogen-bond donors (Lipinski definition) is 0. The summed E-state index contributed by atoms with van der Waals surface area (Å²) in [6, 6.07) is 11.5. The topological polar surface area (TPSA) is 39.8 Å². The Kier molecular flexibility index (Phi) is 3.51. The highest BCUT2D eigenvalue weighted by molar-refractivity contribution is 6.07. The zero-order valence-electron chi connectivity index (χ0n) is 11.7. The minimum absolute atomic E-state index is 0.0205. The third-order valence-electron chi connectivity index (χ3n) is 3.19. The van der Waals surface area contributed by atoms with Gasteiger partial charge in [-0.2, -0.15) is 5.10 Å². The number of benzene rings is 1. The Morgan fingerprint density at radius 3 is 2.71 bits per heavy atom. The average Bonchev–Trinajstić information content (AvgIpc) is 3.16. The molecule has 0 atom stereocenters. The maximum absolute atomic E-state index is 12.2. The molecule has 3 aromatic rings. The molecule has 0 unspecified atom stereocenters. The summed E-state index contributed by atoms with van der Waals surface area (Å²) in [7, 11) is 1.85. The molecule has 21 heavy (non-hydrogen) atoms. The summed E-state index contributed by atoms with van der Waals surface area (Å²) in [5, 5.41) is 4.07. The van der Waals surface area contributed by atoms with E-state index in [2.05, 4.69) is 5.10 Å². The third-order valence-corrected chi connectivity index (χ3v) is 3.19. The molecule has 0 aliphatic rings. The number of nitrogens with zero attached hydrogens (tertiary/aromatic N) is 3. The van der Waals surface area contributed by atoms with E-state index in [0.717, 1.165) is 11.3 Å². The predicted molar refractivity (Wildman–Crippen MR) is 82.3 cm³/mol. The number of hydrogen-bond acceptors (Lipinski definition) is 2. The molecule has 4 nitrogen and oxygen atoms in total. The van der Waals surface area contributed by atoms with Crippen molar-refractivity contribution in [2.45, 2.75) is 0 Å². The van der Waals surface area contributed by atoms with Gasteiger partial charge in [0.2, 0.25) is 0 Å². The number of carbonyl (C=O) groups is 1. The second kappa shape index (κ2) is 5.63. The fraction of sp³-hybridized carbons (Fsp3) is 0.0588. The van der Waals surface area contributed by atoms with Gasteiger partial charge < -0.3 is 4.57 Å². The minimum Gasteiger partial charge on any atom is -0.324 e. The molecule has 0 N–H and O–H groups in total. The van der Waals surface area contributed by atoms with Crippen LogP contribution in [0.4, 0.5) is 0 Å². The van der Waals surface area contributed by atoms with Crippen molar-refractivity contribution in [1.82, 2.24) is 14.3 Å². The van der Waals surface area contributed by atoms with Gasteiger partial charge in [0, 0.05) is 42.5 Å². The van der Waals surface area contributed by atoms with Gasteiger partial charge in [-0.15, -0.1) is 0 Å². The molecule has 2 aromatic heterocycles. The first-order chi connectivity index (χ1) is 10.2. The Morgan fingerprint density at radius 2 is 2.00 bits per heavy atom. The van der Waals surface area contributed by atoms with Crippen LogP contribution in [-0.2, 0) is 7.05 Å². The molecule has 0 amide bonds. The molecule has 0 saturated carbocycles. The molecule has 104 valence electrons. The van der Waals surface area contributed by atoms with E-state index in [1.54, 1.807) is 23.0 Å². The van der Waals surface area contributed by atoms with Gasteiger partial charge in [0.15, 0.2) is 5.78 Å². The second-order valence-electron chi connectivity index (χ2n) is 4.79. The number of aromatic nitrogens is 3. The lowest BCUT2D eigenvalue weighted by Crippen LogP contribution is -1.97. The highest BCUT2D eigenvalue weighted by Crippen LogP contribution is 2.12. The summed E-state index contributed by atoms with van der Waals surface area (Å²) in [6.45, 7) is 0. The van der Waals surface area contributed by atoms with Gasteiger partial charge >= 0.3 is 0 Å². The summed E-state index contributed by atoms with van der Waals surface area (Å²) in [5.41, 5.74) is 2.55. The molecule has 0 aliphatic carbocycles. The quantitative estimate of drug-likeness (QED) is 0.543. The Bertz CT molecular complexity index is 782. The lowest BCUT2D eigenvalue weighted by atomic mass is 10.1. The van der Waals surface area contributed by atoms with Gasteiger partial charge in [0.25, 0.3) is 0 Å². The van der Waals surface area contributed by atoms with Crippen molar-refractivity contribution in [3.05, 3.63) is 78.4 Å². The van der Waals surface area contributed by atoms with Crippen LogP contribution in [0.3, 0.4) is 0 Å². The molecule has 0 radical (unpaired) electrons. The van der Waals surface area contributed by atoms with Crippen molar-refractivity contribution in [3.8, 4) is 5.69 Å². The van der Waals surface area contributed by atoms with E-state index in [9.17, 15) is 4.79 Å². The third kappa shape index (κ3) is 3.00. The van der Waals surface area contributed by atoms with Gasteiger partial charge in [-0.1, -0.05) is 12.1 Å². The van der Waals surface area contributed by atoms with E-state index in [1.165, 1.54) is 0 Å². The first kappa shape index (κ1) is 13.1. The summed E-state index contributed by atoms with van der Waals surface area (Å²) in [4.78, 5) is 12.2. The number of allylic oxidation sites excluding steroid dienone is 1. The summed E-state index contributed by atoms with van der Waals surface area (Å²) in [6.07, 6.45) is 10.8. The van der Waals surface area contributed by atoms with Crippen LogP contribution in [0, 0.1) is 0 Å². The van der Waals surface area contributed by atoms with Crippen LogP contribution in [0.2, 0.25) is 0 Å². The molecule has 0 fully saturated rings. The van der Waals surface area contributed by atoms with Crippen molar-refractivity contribution in [2.75, 3.05) is 0 Å². The summed E-state index contributed by atoms with van der Waals surface area (Å²) in [5.74, 6) is -0.0205. The fourth-order valence-electron chi connectivity index (χ4n) is 2.12. The average molecular weight is 277 g/mol. The van der Waals surface area contributed by atoms with Crippen molar-refractivity contribution >= 4 is 11.9 Å². The monoisotopic (exact) mass is 277 g/mol. The van der Waals surface area contributed by atoms with E-state index in [-0.39, 0.29) is 5.78 Å². The van der Waals surface area contributed by atoms with Gasteiger partial charge in [0.1, 0.15) is 0 Å². The Hall–Kier alpha value is -2.88. The molecular weight excluding hydrogens is 262 g/mol. The lowest BCUT2D eigenvalue weighted by molar-refractivity contribution is 0.104. The summed E-state index contributed by atoms with van der Waals surface area (Å²) < 4.78 is 3.68. The molecular formula is C17H15N3O. The number of aryl methyl sites for hydroxylation is 1. The first-order valence-corrected chi connectivity index (χ1v) is 6.67. The van der Waals surface area contributed by atoms with Gasteiger partial charge in [-0.05, 0) is 36.4 Å². The van der Waals surface area contributed by atoms with Gasteiger partial charge in [-0.3, -0.25) is 9.48 Å². The van der Waals surface area contributed by atoms with E-state index >= 15 is 0 Å². The largest absolute Gasteiger partial charge is 0.324 e. The zero-order chi connectivity index (χ0) is 14.7. The molecule has 2 heterocycles. The maximum Gasteiger partial charge on any atom is 0.185 e. The number of ketones is 1. The van der Waals surface area contributed by atoms with E-state index in [1.807, 2.05) is 66.6 Å². The molecule has 4 heteroatoms. The van der Waals surface area contributed by atoms with Crippen molar-refractivity contribution < 1.29 is 4.79 Å². The first-order valence-electron chi connectivity index (χ1n) is 6.67. The van der Waals surface area contributed by atoms with Crippen LogP contribution in [0.1, 0.15) is 15.9 Å². The molecule has 0 aliphatic heterocycles. The van der Waals surface area contributed by atoms with E-state index in [4.69, 9.17) is 0 Å². The minimum atomic E-state index is -0.0205. The van der Waals surface area contributed by atoms with Gasteiger partial charge in [0.05, 0.1) is 6.20 Å². The zero-order valence-corrected chi connectivity index (χ0v) is 11.7. The molecule has 0 saturated heterocycles. The van der Waals surface area contributed by atoms with Crippen LogP contribution in [-0.4, -0.2) is 20.1 Å². The van der Waals surface area contributed by atoms with Crippen LogP contribution in [0.15, 0.2) is 67.3 Å². The van der Waals surface area contributed by atoms with E-state index in [0.29, 0.717) is 5.56 Å². The number of carbonyl (C=O) groups excluding carboxylic acids is 1. The number of rotatable bonds is 4. The SMILES string of the molecule is Cn1cc(/C=C/C(=O)c2cccc(-n3cccc3)c2)cn1. The van der Waals surface area contributed by atoms with Crippen LogP contribution < -0.4 is 0 Å². The van der Waals surface area contributed by atoms with Crippen LogP contribution in [0.25, 0.3) is 11.8 Å². The lowest BCUT2D eigenvalue weighted by Gasteiger charge is -2.04. The molecule has 1 aromatic carbocycles. The molecule has 0 spiro atoms. The second-order valence-corrected chi connectivity index (χ2v) is 4.79. The smallest absolute Gasteiger partial charge is 0.185 e. The summed E-state index contributed by atoms with van der Waals surface area (Å²) >= 11 is 0. The molecule has 3 rings (SSSR count). The van der Waals surface area contributed by atoms with Crippen LogP contribution >= 0.6 is 0 Å². The molecule has 0 bridgehead atoms. The maximum atomic E-state index is 12.2. The predicted octanol–water partition coefficient (Wildman–Crippen LogP) is 3.11. The highest BCUT2D eigenvalue weighted by Gasteiger charge is 2.04. The van der Waals surface area contributed by atoms with Crippen molar-refractivity contribution in [1.29, 1.82) is 0 Å².